The van der Waals surface area contributed by atoms with E-state index in [1.165, 1.54) is 11.3 Å². The molecule has 0 bridgehead atoms. The molecule has 0 amide bonds. The van der Waals surface area contributed by atoms with E-state index in [1.807, 2.05) is 82.3 Å². The molecule has 0 radical (unpaired) electrons. The van der Waals surface area contributed by atoms with Crippen LogP contribution in [-0.2, 0) is 9.53 Å². The lowest BCUT2D eigenvalue weighted by Gasteiger charge is -2.28. The van der Waals surface area contributed by atoms with Crippen LogP contribution in [0.5, 0.6) is 0 Å². The Hall–Kier alpha value is -4.37. The molecule has 9 heteroatoms. The minimum atomic E-state index is -1.18. The molecular weight excluding hydrogens is 580 g/mol. The molecule has 6 aromatic rings. The first-order valence-corrected chi connectivity index (χ1v) is 14.9. The molecule has 7 nitrogen and oxygen atoms in total. The molecule has 0 saturated carbocycles. The molecule has 0 aliphatic carbocycles. The number of rotatable bonds is 6. The standard InChI is InChI=1S/C34H29ClN4O3S/c1-18-15-26-31(29(19-5-9-23(35)10-6-19)28(18)30(33(40)41)42-34(2,3)4)43-32(39-26)22-13-14-37-25(17-22)21-7-11-24-20(16-21)8-12-27(36)38-24/h5-17,30H,1-4H3,(H2,36,38)(H,40,41). The van der Waals surface area contributed by atoms with Crippen LogP contribution in [-0.4, -0.2) is 31.6 Å². The molecule has 6 rings (SSSR count). The number of ether oxygens (including phenoxy) is 1. The third kappa shape index (κ3) is 5.82. The zero-order valence-corrected chi connectivity index (χ0v) is 25.6. The fraction of sp³-hybridized carbons (Fsp3) is 0.176. The molecule has 0 spiro atoms. The Labute approximate surface area is 258 Å². The number of thiazole rings is 1. The van der Waals surface area contributed by atoms with E-state index in [1.54, 1.807) is 24.4 Å². The number of hydrogen-bond donors (Lipinski definition) is 2. The number of nitrogens with two attached hydrogens (primary N) is 1. The number of carbonyl (C=O) groups is 1. The van der Waals surface area contributed by atoms with Crippen molar-refractivity contribution in [1.29, 1.82) is 0 Å². The van der Waals surface area contributed by atoms with E-state index in [4.69, 9.17) is 27.1 Å². The number of aromatic nitrogens is 3. The van der Waals surface area contributed by atoms with Crippen LogP contribution in [0.3, 0.4) is 0 Å². The number of carboxylic acids is 1. The lowest BCUT2D eigenvalue weighted by molar-refractivity contribution is -0.160. The Kier molecular flexibility index (Phi) is 7.38. The second-order valence-electron chi connectivity index (χ2n) is 11.4. The Morgan fingerprint density at radius 3 is 2.40 bits per heavy atom. The lowest BCUT2D eigenvalue weighted by Crippen LogP contribution is -2.28. The maximum Gasteiger partial charge on any atom is 0.337 e. The Morgan fingerprint density at radius 2 is 1.67 bits per heavy atom. The first-order chi connectivity index (χ1) is 20.5. The van der Waals surface area contributed by atoms with Crippen molar-refractivity contribution in [3.8, 4) is 33.0 Å². The van der Waals surface area contributed by atoms with Crippen molar-refractivity contribution in [2.24, 2.45) is 0 Å². The van der Waals surface area contributed by atoms with E-state index < -0.39 is 17.7 Å². The first kappa shape index (κ1) is 28.7. The molecule has 216 valence electrons. The summed E-state index contributed by atoms with van der Waals surface area (Å²) in [7, 11) is 0. The van der Waals surface area contributed by atoms with Gasteiger partial charge in [-0.25, -0.2) is 14.8 Å². The van der Waals surface area contributed by atoms with Gasteiger partial charge in [-0.3, -0.25) is 4.98 Å². The number of nitrogen functional groups attached to an aromatic ring is 1. The quantitative estimate of drug-likeness (QED) is 0.194. The molecule has 3 N–H and O–H groups in total. The lowest BCUT2D eigenvalue weighted by atomic mass is 9.91. The van der Waals surface area contributed by atoms with Gasteiger partial charge in [0, 0.05) is 38.9 Å². The van der Waals surface area contributed by atoms with Gasteiger partial charge >= 0.3 is 5.97 Å². The average Bonchev–Trinajstić information content (AvgIpc) is 3.39. The molecule has 0 aliphatic heterocycles. The number of hydrogen-bond acceptors (Lipinski definition) is 7. The van der Waals surface area contributed by atoms with Crippen LogP contribution in [0.15, 0.2) is 79.0 Å². The van der Waals surface area contributed by atoms with Crippen LogP contribution < -0.4 is 5.73 Å². The highest BCUT2D eigenvalue weighted by atomic mass is 35.5. The van der Waals surface area contributed by atoms with Crippen molar-refractivity contribution < 1.29 is 14.6 Å². The summed E-state index contributed by atoms with van der Waals surface area (Å²) in [4.78, 5) is 26.7. The summed E-state index contributed by atoms with van der Waals surface area (Å²) < 4.78 is 7.00. The second kappa shape index (κ2) is 11.0. The van der Waals surface area contributed by atoms with Crippen molar-refractivity contribution in [2.45, 2.75) is 39.4 Å². The number of fused-ring (bicyclic) bond motifs is 2. The molecule has 1 atom stereocenters. The number of halogens is 1. The number of anilines is 1. The van der Waals surface area contributed by atoms with Crippen molar-refractivity contribution >= 4 is 55.8 Å². The van der Waals surface area contributed by atoms with Gasteiger partial charge in [-0.2, -0.15) is 0 Å². The van der Waals surface area contributed by atoms with Crippen LogP contribution >= 0.6 is 22.9 Å². The number of nitrogens with zero attached hydrogens (tertiary/aromatic N) is 3. The predicted octanol–water partition coefficient (Wildman–Crippen LogP) is 8.73. The minimum Gasteiger partial charge on any atom is -0.479 e. The average molecular weight is 609 g/mol. The van der Waals surface area contributed by atoms with Crippen LogP contribution in [0, 0.1) is 6.92 Å². The van der Waals surface area contributed by atoms with E-state index in [0.717, 1.165) is 59.6 Å². The molecule has 3 aromatic heterocycles. The first-order valence-electron chi connectivity index (χ1n) is 13.7. The highest BCUT2D eigenvalue weighted by Gasteiger charge is 2.32. The van der Waals surface area contributed by atoms with Gasteiger partial charge in [0.1, 0.15) is 10.8 Å². The molecule has 0 aliphatic rings. The summed E-state index contributed by atoms with van der Waals surface area (Å²) in [6, 6.07) is 23.0. The van der Waals surface area contributed by atoms with Crippen molar-refractivity contribution in [1.82, 2.24) is 15.0 Å². The molecule has 0 fully saturated rings. The SMILES string of the molecule is Cc1cc2nc(-c3ccnc(-c4ccc5nc(N)ccc5c4)c3)sc2c(-c2ccc(Cl)cc2)c1C(OC(C)(C)C)C(=O)O. The van der Waals surface area contributed by atoms with E-state index >= 15 is 0 Å². The molecule has 1 unspecified atom stereocenters. The Morgan fingerprint density at radius 1 is 0.930 bits per heavy atom. The van der Waals surface area contributed by atoms with Gasteiger partial charge in [0.15, 0.2) is 6.10 Å². The van der Waals surface area contributed by atoms with Crippen molar-refractivity contribution in [2.75, 3.05) is 5.73 Å². The van der Waals surface area contributed by atoms with Crippen LogP contribution in [0.1, 0.15) is 38.0 Å². The monoisotopic (exact) mass is 608 g/mol. The van der Waals surface area contributed by atoms with Gasteiger partial charge in [-0.1, -0.05) is 29.8 Å². The van der Waals surface area contributed by atoms with Gasteiger partial charge in [-0.15, -0.1) is 11.3 Å². The maximum absolute atomic E-state index is 12.6. The highest BCUT2D eigenvalue weighted by Crippen LogP contribution is 2.44. The Bertz CT molecular complexity index is 2020. The van der Waals surface area contributed by atoms with Gasteiger partial charge in [-0.05, 0) is 93.4 Å². The third-order valence-electron chi connectivity index (χ3n) is 7.03. The minimum absolute atomic E-state index is 0.479. The zero-order chi connectivity index (χ0) is 30.5. The summed E-state index contributed by atoms with van der Waals surface area (Å²) in [5.74, 6) is -0.573. The van der Waals surface area contributed by atoms with Gasteiger partial charge in [0.2, 0.25) is 0 Å². The highest BCUT2D eigenvalue weighted by molar-refractivity contribution is 7.22. The topological polar surface area (TPSA) is 111 Å². The van der Waals surface area contributed by atoms with E-state index in [9.17, 15) is 9.90 Å². The van der Waals surface area contributed by atoms with Gasteiger partial charge in [0.25, 0.3) is 0 Å². The van der Waals surface area contributed by atoms with E-state index in [0.29, 0.717) is 16.4 Å². The normalized spacial score (nSPS) is 12.6. The third-order valence-corrected chi connectivity index (χ3v) is 8.42. The Balaban J connectivity index is 1.52. The fourth-order valence-electron chi connectivity index (χ4n) is 5.18. The molecule has 43 heavy (non-hydrogen) atoms. The zero-order valence-electron chi connectivity index (χ0n) is 24.1. The number of aliphatic carboxylic acids is 1. The van der Waals surface area contributed by atoms with Crippen molar-refractivity contribution in [3.05, 3.63) is 95.1 Å². The summed E-state index contributed by atoms with van der Waals surface area (Å²) in [5.41, 5.74) is 12.4. The summed E-state index contributed by atoms with van der Waals surface area (Å²) in [6.45, 7) is 7.46. The molecule has 0 saturated heterocycles. The largest absolute Gasteiger partial charge is 0.479 e. The number of pyridine rings is 2. The summed E-state index contributed by atoms with van der Waals surface area (Å²) in [6.07, 6.45) is 0.599. The summed E-state index contributed by atoms with van der Waals surface area (Å²) in [5, 5.41) is 12.7. The number of carboxylic acid groups (broad SMARTS) is 1. The van der Waals surface area contributed by atoms with Gasteiger partial charge in [0.05, 0.1) is 27.0 Å². The second-order valence-corrected chi connectivity index (χ2v) is 12.8. The van der Waals surface area contributed by atoms with E-state index in [2.05, 4.69) is 9.97 Å². The van der Waals surface area contributed by atoms with Crippen LogP contribution in [0.2, 0.25) is 5.02 Å². The van der Waals surface area contributed by atoms with Gasteiger partial charge < -0.3 is 15.6 Å². The summed E-state index contributed by atoms with van der Waals surface area (Å²) >= 11 is 7.74. The predicted molar refractivity (Wildman–Crippen MR) is 174 cm³/mol. The number of benzene rings is 3. The van der Waals surface area contributed by atoms with E-state index in [-0.39, 0.29) is 0 Å². The number of aryl methyl sites for hydroxylation is 1. The smallest absolute Gasteiger partial charge is 0.337 e. The van der Waals surface area contributed by atoms with Crippen LogP contribution in [0.25, 0.3) is 54.1 Å². The molecular formula is C34H29ClN4O3S. The fourth-order valence-corrected chi connectivity index (χ4v) is 6.43. The van der Waals surface area contributed by atoms with Crippen LogP contribution in [0.4, 0.5) is 5.82 Å². The molecule has 3 heterocycles. The molecule has 3 aromatic carbocycles. The maximum atomic E-state index is 12.6. The van der Waals surface area contributed by atoms with Crippen molar-refractivity contribution in [3.63, 3.8) is 0 Å².